The summed E-state index contributed by atoms with van der Waals surface area (Å²) >= 11 is 11.7. The average Bonchev–Trinajstić information content (AvgIpc) is 2.35. The highest BCUT2D eigenvalue weighted by Gasteiger charge is 2.12. The Morgan fingerprint density at radius 1 is 1.11 bits per heavy atom. The molecule has 1 aromatic carbocycles. The van der Waals surface area contributed by atoms with Crippen molar-refractivity contribution >= 4 is 34.9 Å². The van der Waals surface area contributed by atoms with Gasteiger partial charge < -0.3 is 5.32 Å². The van der Waals surface area contributed by atoms with Crippen LogP contribution in [0, 0.1) is 0 Å². The molecule has 2 amide bonds. The fraction of sp³-hybridized carbons (Fsp3) is 0.417. The van der Waals surface area contributed by atoms with E-state index >= 15 is 0 Å². The second-order valence-corrected chi connectivity index (χ2v) is 5.06. The molecule has 0 aromatic heterocycles. The first-order chi connectivity index (χ1) is 8.65. The highest BCUT2D eigenvalue weighted by molar-refractivity contribution is 6.42. The van der Waals surface area contributed by atoms with Crippen LogP contribution in [0.1, 0.15) is 19.3 Å². The van der Waals surface area contributed by atoms with E-state index in [0.717, 1.165) is 25.9 Å². The molecular weight excluding hydrogens is 273 g/mol. The van der Waals surface area contributed by atoms with Crippen molar-refractivity contribution in [3.8, 4) is 0 Å². The van der Waals surface area contributed by atoms with Crippen LogP contribution in [0.2, 0.25) is 10.0 Å². The summed E-state index contributed by atoms with van der Waals surface area (Å²) in [5.41, 5.74) is 3.43. The standard InChI is InChI=1S/C12H15Cl2N3O/c13-10-5-4-9(8-11(10)14)15-12(18)16-17-6-2-1-3-7-17/h4-5,8H,1-3,6-7H2,(H2,15,16,18). The highest BCUT2D eigenvalue weighted by atomic mass is 35.5. The van der Waals surface area contributed by atoms with Crippen LogP contribution in [0.3, 0.4) is 0 Å². The second-order valence-electron chi connectivity index (χ2n) is 4.24. The molecule has 1 aromatic rings. The predicted octanol–water partition coefficient (Wildman–Crippen LogP) is 3.52. The first-order valence-corrected chi connectivity index (χ1v) is 6.68. The molecule has 0 unspecified atom stereocenters. The number of amides is 2. The molecule has 98 valence electrons. The molecule has 0 saturated carbocycles. The Morgan fingerprint density at radius 3 is 2.50 bits per heavy atom. The molecule has 1 aliphatic rings. The van der Waals surface area contributed by atoms with Crippen molar-refractivity contribution in [2.75, 3.05) is 18.4 Å². The van der Waals surface area contributed by atoms with Gasteiger partial charge in [0.25, 0.3) is 0 Å². The zero-order valence-corrected chi connectivity index (χ0v) is 11.4. The summed E-state index contributed by atoms with van der Waals surface area (Å²) in [6.07, 6.45) is 3.46. The Hall–Kier alpha value is -0.970. The van der Waals surface area contributed by atoms with E-state index in [-0.39, 0.29) is 6.03 Å². The minimum atomic E-state index is -0.254. The van der Waals surface area contributed by atoms with Crippen molar-refractivity contribution in [2.45, 2.75) is 19.3 Å². The Kier molecular flexibility index (Phi) is 4.69. The number of hydrazine groups is 1. The summed E-state index contributed by atoms with van der Waals surface area (Å²) in [5.74, 6) is 0. The highest BCUT2D eigenvalue weighted by Crippen LogP contribution is 2.24. The van der Waals surface area contributed by atoms with Crippen molar-refractivity contribution in [1.29, 1.82) is 0 Å². The molecule has 0 atom stereocenters. The van der Waals surface area contributed by atoms with Crippen LogP contribution in [-0.2, 0) is 0 Å². The zero-order chi connectivity index (χ0) is 13.0. The van der Waals surface area contributed by atoms with Crippen molar-refractivity contribution < 1.29 is 4.79 Å². The van der Waals surface area contributed by atoms with Gasteiger partial charge in [-0.25, -0.2) is 9.80 Å². The predicted molar refractivity (Wildman–Crippen MR) is 74.0 cm³/mol. The molecule has 2 N–H and O–H groups in total. The number of piperidine rings is 1. The summed E-state index contributed by atoms with van der Waals surface area (Å²) in [4.78, 5) is 11.7. The van der Waals surface area contributed by atoms with E-state index in [4.69, 9.17) is 23.2 Å². The van der Waals surface area contributed by atoms with Crippen LogP contribution in [0.15, 0.2) is 18.2 Å². The number of rotatable bonds is 2. The number of hydrogen-bond acceptors (Lipinski definition) is 2. The number of nitrogens with one attached hydrogen (secondary N) is 2. The van der Waals surface area contributed by atoms with Crippen LogP contribution in [0.25, 0.3) is 0 Å². The van der Waals surface area contributed by atoms with Crippen LogP contribution < -0.4 is 10.7 Å². The smallest absolute Gasteiger partial charge is 0.307 e. The second kappa shape index (κ2) is 6.27. The summed E-state index contributed by atoms with van der Waals surface area (Å²) in [6, 6.07) is 4.74. The lowest BCUT2D eigenvalue weighted by Crippen LogP contribution is -2.46. The topological polar surface area (TPSA) is 44.4 Å². The summed E-state index contributed by atoms with van der Waals surface area (Å²) in [6.45, 7) is 1.80. The van der Waals surface area contributed by atoms with Gasteiger partial charge in [0.2, 0.25) is 0 Å². The number of halogens is 2. The van der Waals surface area contributed by atoms with Gasteiger partial charge in [0.1, 0.15) is 0 Å². The third kappa shape index (κ3) is 3.77. The first kappa shape index (κ1) is 13.5. The molecule has 18 heavy (non-hydrogen) atoms. The molecule has 1 aliphatic heterocycles. The Labute approximate surface area is 116 Å². The lowest BCUT2D eigenvalue weighted by molar-refractivity contribution is 0.162. The van der Waals surface area contributed by atoms with E-state index in [1.54, 1.807) is 18.2 Å². The number of carbonyl (C=O) groups excluding carboxylic acids is 1. The average molecular weight is 288 g/mol. The maximum Gasteiger partial charge on any atom is 0.333 e. The van der Waals surface area contributed by atoms with Crippen molar-refractivity contribution in [1.82, 2.24) is 10.4 Å². The number of nitrogens with zero attached hydrogens (tertiary/aromatic N) is 1. The molecule has 6 heteroatoms. The first-order valence-electron chi connectivity index (χ1n) is 5.93. The third-order valence-electron chi connectivity index (χ3n) is 2.79. The summed E-state index contributed by atoms with van der Waals surface area (Å²) in [5, 5.41) is 5.54. The number of carbonyl (C=O) groups is 1. The van der Waals surface area contributed by atoms with Gasteiger partial charge >= 0.3 is 6.03 Å². The number of benzene rings is 1. The molecule has 0 aliphatic carbocycles. The van der Waals surface area contributed by atoms with E-state index < -0.39 is 0 Å². The quantitative estimate of drug-likeness (QED) is 0.874. The fourth-order valence-corrected chi connectivity index (χ4v) is 2.18. The third-order valence-corrected chi connectivity index (χ3v) is 3.53. The van der Waals surface area contributed by atoms with Gasteiger partial charge in [-0.2, -0.15) is 0 Å². The maximum atomic E-state index is 11.7. The monoisotopic (exact) mass is 287 g/mol. The summed E-state index contributed by atoms with van der Waals surface area (Å²) in [7, 11) is 0. The fourth-order valence-electron chi connectivity index (χ4n) is 1.88. The molecule has 1 saturated heterocycles. The van der Waals surface area contributed by atoms with Gasteiger partial charge in [-0.05, 0) is 31.0 Å². The molecule has 0 radical (unpaired) electrons. The molecule has 1 heterocycles. The lowest BCUT2D eigenvalue weighted by atomic mass is 10.2. The lowest BCUT2D eigenvalue weighted by Gasteiger charge is -2.26. The van der Waals surface area contributed by atoms with Gasteiger partial charge in [0, 0.05) is 18.8 Å². The number of anilines is 1. The number of urea groups is 1. The molecular formula is C12H15Cl2N3O. The van der Waals surface area contributed by atoms with E-state index in [2.05, 4.69) is 10.7 Å². The Morgan fingerprint density at radius 2 is 1.83 bits per heavy atom. The molecule has 0 bridgehead atoms. The molecule has 2 rings (SSSR count). The minimum absolute atomic E-state index is 0.254. The van der Waals surface area contributed by atoms with Crippen LogP contribution >= 0.6 is 23.2 Å². The maximum absolute atomic E-state index is 11.7. The SMILES string of the molecule is O=C(Nc1ccc(Cl)c(Cl)c1)NN1CCCCC1. The van der Waals surface area contributed by atoms with Gasteiger partial charge in [0.15, 0.2) is 0 Å². The van der Waals surface area contributed by atoms with E-state index in [0.29, 0.717) is 15.7 Å². The summed E-state index contributed by atoms with van der Waals surface area (Å²) < 4.78 is 0. The normalized spacial score (nSPS) is 16.3. The number of hydrogen-bond donors (Lipinski definition) is 2. The Balaban J connectivity index is 1.88. The molecule has 4 nitrogen and oxygen atoms in total. The van der Waals surface area contributed by atoms with Gasteiger partial charge in [-0.15, -0.1) is 0 Å². The van der Waals surface area contributed by atoms with Gasteiger partial charge in [0.05, 0.1) is 10.0 Å². The zero-order valence-electron chi connectivity index (χ0n) is 9.88. The van der Waals surface area contributed by atoms with Gasteiger partial charge in [-0.3, -0.25) is 5.43 Å². The molecule has 0 spiro atoms. The van der Waals surface area contributed by atoms with Crippen molar-refractivity contribution in [3.05, 3.63) is 28.2 Å². The van der Waals surface area contributed by atoms with Crippen molar-refractivity contribution in [2.24, 2.45) is 0 Å². The van der Waals surface area contributed by atoms with E-state index in [1.165, 1.54) is 6.42 Å². The van der Waals surface area contributed by atoms with Crippen LogP contribution in [0.5, 0.6) is 0 Å². The van der Waals surface area contributed by atoms with Gasteiger partial charge in [-0.1, -0.05) is 29.6 Å². The van der Waals surface area contributed by atoms with Crippen LogP contribution in [-0.4, -0.2) is 24.1 Å². The largest absolute Gasteiger partial charge is 0.333 e. The van der Waals surface area contributed by atoms with E-state index in [9.17, 15) is 4.79 Å². The van der Waals surface area contributed by atoms with E-state index in [1.807, 2.05) is 5.01 Å². The van der Waals surface area contributed by atoms with Crippen molar-refractivity contribution in [3.63, 3.8) is 0 Å². The minimum Gasteiger partial charge on any atom is -0.307 e. The molecule has 1 fully saturated rings. The van der Waals surface area contributed by atoms with Crippen LogP contribution in [0.4, 0.5) is 10.5 Å². The Bertz CT molecular complexity index is 433.